The van der Waals surface area contributed by atoms with Gasteiger partial charge in [-0.2, -0.15) is 5.10 Å². The molecule has 1 aliphatic rings. The van der Waals surface area contributed by atoms with Gasteiger partial charge in [-0.1, -0.05) is 36.8 Å². The van der Waals surface area contributed by atoms with Crippen LogP contribution in [0.15, 0.2) is 54.7 Å². The number of hydrogen-bond donors (Lipinski definition) is 3. The van der Waals surface area contributed by atoms with Gasteiger partial charge in [-0.25, -0.2) is 4.79 Å². The quantitative estimate of drug-likeness (QED) is 0.658. The zero-order chi connectivity index (χ0) is 18.6. The molecule has 2 atom stereocenters. The number of carbonyl (C=O) groups excluding carboxylic acids is 1. The summed E-state index contributed by atoms with van der Waals surface area (Å²) in [5.74, 6) is 0. The second-order valence-corrected chi connectivity index (χ2v) is 7.20. The van der Waals surface area contributed by atoms with Gasteiger partial charge in [-0.3, -0.25) is 5.10 Å². The monoisotopic (exact) mass is 363 g/mol. The van der Waals surface area contributed by atoms with Gasteiger partial charge in [0.1, 0.15) is 0 Å². The maximum atomic E-state index is 12.8. The van der Waals surface area contributed by atoms with Crippen LogP contribution >= 0.6 is 0 Å². The number of benzene rings is 2. The van der Waals surface area contributed by atoms with Gasteiger partial charge in [0, 0.05) is 17.1 Å². The number of amides is 2. The molecule has 2 amide bonds. The summed E-state index contributed by atoms with van der Waals surface area (Å²) in [6, 6.07) is 16.0. The predicted molar refractivity (Wildman–Crippen MR) is 108 cm³/mol. The minimum absolute atomic E-state index is 0.0487. The number of fused-ring (bicyclic) bond motifs is 1. The van der Waals surface area contributed by atoms with Crippen LogP contribution in [0, 0.1) is 0 Å². The van der Waals surface area contributed by atoms with E-state index in [1.807, 2.05) is 36.4 Å². The van der Waals surface area contributed by atoms with Crippen LogP contribution in [0.1, 0.15) is 30.9 Å². The standard InChI is InChI=1S/C21H25N5O/c1-26-12-6-5-9-19(26)20(15-7-3-2-4-8-15)24-21(27)23-17-11-10-16-14-22-25-18(16)13-17/h2-4,7-8,10-11,13-14,19-20H,5-6,9,12H2,1H3,(H,22,25)(H2,23,24,27). The first kappa shape index (κ1) is 17.5. The lowest BCUT2D eigenvalue weighted by Gasteiger charge is -2.38. The molecule has 1 fully saturated rings. The number of nitrogens with one attached hydrogen (secondary N) is 3. The fourth-order valence-electron chi connectivity index (χ4n) is 3.91. The third-order valence-corrected chi connectivity index (χ3v) is 5.36. The van der Waals surface area contributed by atoms with Crippen molar-refractivity contribution in [1.82, 2.24) is 20.4 Å². The molecule has 6 nitrogen and oxygen atoms in total. The number of rotatable bonds is 4. The maximum absolute atomic E-state index is 12.8. The zero-order valence-electron chi connectivity index (χ0n) is 15.5. The van der Waals surface area contributed by atoms with Crippen molar-refractivity contribution in [3.05, 3.63) is 60.3 Å². The van der Waals surface area contributed by atoms with E-state index in [-0.39, 0.29) is 12.1 Å². The predicted octanol–water partition coefficient (Wildman–Crippen LogP) is 3.91. The van der Waals surface area contributed by atoms with Crippen molar-refractivity contribution in [2.24, 2.45) is 0 Å². The summed E-state index contributed by atoms with van der Waals surface area (Å²) in [7, 11) is 2.14. The molecular weight excluding hydrogens is 338 g/mol. The number of carbonyl (C=O) groups is 1. The summed E-state index contributed by atoms with van der Waals surface area (Å²) in [6.07, 6.45) is 5.25. The first-order chi connectivity index (χ1) is 13.2. The summed E-state index contributed by atoms with van der Waals surface area (Å²) in [4.78, 5) is 15.1. The second kappa shape index (κ2) is 7.80. The highest BCUT2D eigenvalue weighted by molar-refractivity contribution is 5.92. The van der Waals surface area contributed by atoms with Gasteiger partial charge in [0.2, 0.25) is 0 Å². The first-order valence-electron chi connectivity index (χ1n) is 9.46. The fraction of sp³-hybridized carbons (Fsp3) is 0.333. The van der Waals surface area contributed by atoms with E-state index in [1.54, 1.807) is 6.20 Å². The number of urea groups is 1. The van der Waals surface area contributed by atoms with E-state index in [0.717, 1.165) is 35.1 Å². The van der Waals surface area contributed by atoms with Crippen molar-refractivity contribution >= 4 is 22.6 Å². The van der Waals surface area contributed by atoms with Crippen LogP contribution in [0.4, 0.5) is 10.5 Å². The molecule has 2 heterocycles. The van der Waals surface area contributed by atoms with E-state index in [0.29, 0.717) is 6.04 Å². The molecule has 6 heteroatoms. The molecule has 0 radical (unpaired) electrons. The molecule has 1 aliphatic heterocycles. The number of H-pyrrole nitrogens is 1. The van der Waals surface area contributed by atoms with Crippen molar-refractivity contribution < 1.29 is 4.79 Å². The molecule has 140 valence electrons. The van der Waals surface area contributed by atoms with Crippen molar-refractivity contribution in [2.75, 3.05) is 18.9 Å². The van der Waals surface area contributed by atoms with Crippen molar-refractivity contribution in [3.8, 4) is 0 Å². The summed E-state index contributed by atoms with van der Waals surface area (Å²) >= 11 is 0. The van der Waals surface area contributed by atoms with Crippen molar-refractivity contribution in [1.29, 1.82) is 0 Å². The van der Waals surface area contributed by atoms with Crippen LogP contribution in [-0.2, 0) is 0 Å². The van der Waals surface area contributed by atoms with E-state index in [2.05, 4.69) is 44.9 Å². The third-order valence-electron chi connectivity index (χ3n) is 5.36. The fourth-order valence-corrected chi connectivity index (χ4v) is 3.91. The van der Waals surface area contributed by atoms with Crippen LogP contribution in [0.2, 0.25) is 0 Å². The SMILES string of the molecule is CN1CCCCC1C(NC(=O)Nc1ccc2cn[nH]c2c1)c1ccccc1. The number of aromatic amines is 1. The Bertz CT molecular complexity index is 907. The van der Waals surface area contributed by atoms with Gasteiger partial charge < -0.3 is 15.5 Å². The van der Waals surface area contributed by atoms with E-state index in [4.69, 9.17) is 0 Å². The Morgan fingerprint density at radius 3 is 2.89 bits per heavy atom. The summed E-state index contributed by atoms with van der Waals surface area (Å²) in [5.41, 5.74) is 2.78. The number of likely N-dealkylation sites (N-methyl/N-ethyl adjacent to an activating group) is 1. The summed E-state index contributed by atoms with van der Waals surface area (Å²) in [5, 5.41) is 14.1. The molecule has 0 bridgehead atoms. The molecule has 0 aliphatic carbocycles. The molecule has 2 aromatic carbocycles. The zero-order valence-corrected chi connectivity index (χ0v) is 15.5. The average molecular weight is 363 g/mol. The molecule has 0 spiro atoms. The number of aromatic nitrogens is 2. The number of nitrogens with zero attached hydrogens (tertiary/aromatic N) is 2. The Morgan fingerprint density at radius 2 is 2.07 bits per heavy atom. The molecule has 4 rings (SSSR count). The molecule has 2 unspecified atom stereocenters. The lowest BCUT2D eigenvalue weighted by atomic mass is 9.91. The highest BCUT2D eigenvalue weighted by Crippen LogP contribution is 2.28. The molecule has 1 aromatic heterocycles. The van der Waals surface area contributed by atoms with Crippen molar-refractivity contribution in [3.63, 3.8) is 0 Å². The van der Waals surface area contributed by atoms with E-state index < -0.39 is 0 Å². The average Bonchev–Trinajstić information content (AvgIpc) is 3.15. The molecule has 3 N–H and O–H groups in total. The number of anilines is 1. The lowest BCUT2D eigenvalue weighted by Crippen LogP contribution is -2.47. The van der Waals surface area contributed by atoms with Crippen LogP contribution < -0.4 is 10.6 Å². The number of likely N-dealkylation sites (tertiary alicyclic amines) is 1. The third kappa shape index (κ3) is 3.95. The van der Waals surface area contributed by atoms with Gasteiger partial charge in [0.25, 0.3) is 0 Å². The Morgan fingerprint density at radius 1 is 1.22 bits per heavy atom. The molecule has 3 aromatic rings. The Kier molecular flexibility index (Phi) is 5.07. The van der Waals surface area contributed by atoms with Gasteiger partial charge in [0.05, 0.1) is 17.8 Å². The number of piperidine rings is 1. The Balaban J connectivity index is 1.52. The van der Waals surface area contributed by atoms with Gasteiger partial charge in [-0.15, -0.1) is 0 Å². The minimum atomic E-state index is -0.193. The van der Waals surface area contributed by atoms with E-state index in [9.17, 15) is 4.79 Å². The minimum Gasteiger partial charge on any atom is -0.329 e. The maximum Gasteiger partial charge on any atom is 0.319 e. The molecular formula is C21H25N5O. The van der Waals surface area contributed by atoms with E-state index in [1.165, 1.54) is 12.8 Å². The second-order valence-electron chi connectivity index (χ2n) is 7.20. The molecule has 27 heavy (non-hydrogen) atoms. The molecule has 1 saturated heterocycles. The molecule has 0 saturated carbocycles. The van der Waals surface area contributed by atoms with Crippen LogP contribution in [0.25, 0.3) is 10.9 Å². The van der Waals surface area contributed by atoms with E-state index >= 15 is 0 Å². The van der Waals surface area contributed by atoms with Crippen LogP contribution in [0.5, 0.6) is 0 Å². The van der Waals surface area contributed by atoms with Crippen LogP contribution in [-0.4, -0.2) is 40.8 Å². The number of hydrogen-bond acceptors (Lipinski definition) is 3. The van der Waals surface area contributed by atoms with Gasteiger partial charge in [-0.05, 0) is 50.2 Å². The van der Waals surface area contributed by atoms with Gasteiger partial charge in [0.15, 0.2) is 0 Å². The normalized spacial score (nSPS) is 18.9. The highest BCUT2D eigenvalue weighted by Gasteiger charge is 2.30. The van der Waals surface area contributed by atoms with Crippen LogP contribution in [0.3, 0.4) is 0 Å². The highest BCUT2D eigenvalue weighted by atomic mass is 16.2. The summed E-state index contributed by atoms with van der Waals surface area (Å²) < 4.78 is 0. The van der Waals surface area contributed by atoms with Gasteiger partial charge >= 0.3 is 6.03 Å². The Hall–Kier alpha value is -2.86. The topological polar surface area (TPSA) is 73.1 Å². The summed E-state index contributed by atoms with van der Waals surface area (Å²) in [6.45, 7) is 1.06. The smallest absolute Gasteiger partial charge is 0.319 e. The largest absolute Gasteiger partial charge is 0.329 e. The Labute approximate surface area is 159 Å². The first-order valence-corrected chi connectivity index (χ1v) is 9.46. The lowest BCUT2D eigenvalue weighted by molar-refractivity contribution is 0.147. The van der Waals surface area contributed by atoms with Crippen molar-refractivity contribution in [2.45, 2.75) is 31.3 Å².